The van der Waals surface area contributed by atoms with Crippen molar-refractivity contribution >= 4 is 50.9 Å². The van der Waals surface area contributed by atoms with Crippen molar-refractivity contribution in [2.75, 3.05) is 24.1 Å². The number of aromatic hydroxyl groups is 1. The molecule has 0 saturated carbocycles. The van der Waals surface area contributed by atoms with Gasteiger partial charge in [-0.1, -0.05) is 29.4 Å². The van der Waals surface area contributed by atoms with Gasteiger partial charge in [-0.25, -0.2) is 0 Å². The summed E-state index contributed by atoms with van der Waals surface area (Å²) < 4.78 is 5.99. The number of hydrogen-bond acceptors (Lipinski definition) is 6. The Morgan fingerprint density at radius 3 is 2.90 bits per heavy atom. The van der Waals surface area contributed by atoms with Crippen LogP contribution in [0.15, 0.2) is 51.5 Å². The Morgan fingerprint density at radius 2 is 2.19 bits per heavy atom. The van der Waals surface area contributed by atoms with E-state index in [0.717, 1.165) is 11.3 Å². The Kier molecular flexibility index (Phi) is 6.37. The molecule has 0 aromatic heterocycles. The quantitative estimate of drug-likeness (QED) is 0.580. The number of nitriles is 1. The van der Waals surface area contributed by atoms with E-state index < -0.39 is 5.92 Å². The second-order valence-corrected chi connectivity index (χ2v) is 9.35. The van der Waals surface area contributed by atoms with Crippen LogP contribution in [0.4, 0.5) is 5.69 Å². The van der Waals surface area contributed by atoms with Crippen molar-refractivity contribution in [1.82, 2.24) is 4.90 Å². The number of amides is 1. The standard InChI is InChI=1S/C22H19BrClN3O3S/c1-2-30-19-7-13(6-18(23)21(19)29)16-9-20(28)27-11-26(12-31-22(27)17(16)10-25)15-5-3-4-14(24)8-15/h3-8,16,29H,2,9,11-12H2,1H3. The van der Waals surface area contributed by atoms with Gasteiger partial charge in [0, 0.05) is 23.0 Å². The molecule has 0 radical (unpaired) electrons. The van der Waals surface area contributed by atoms with Crippen molar-refractivity contribution in [2.45, 2.75) is 19.3 Å². The van der Waals surface area contributed by atoms with Gasteiger partial charge < -0.3 is 14.7 Å². The molecule has 2 aliphatic rings. The molecule has 1 N–H and O–H groups in total. The summed E-state index contributed by atoms with van der Waals surface area (Å²) in [6.07, 6.45) is 0.166. The summed E-state index contributed by atoms with van der Waals surface area (Å²) in [6.45, 7) is 2.58. The van der Waals surface area contributed by atoms with E-state index in [0.29, 0.717) is 45.0 Å². The third kappa shape index (κ3) is 4.22. The Balaban J connectivity index is 1.69. The number of benzene rings is 2. The number of hydrogen-bond donors (Lipinski definition) is 1. The Labute approximate surface area is 198 Å². The molecule has 1 amide bonds. The molecule has 0 spiro atoms. The molecule has 6 nitrogen and oxygen atoms in total. The SMILES string of the molecule is CCOc1cc(C2CC(=O)N3CN(c4cccc(Cl)c4)CSC3=C2C#N)cc(Br)c1O. The fraction of sp³-hybridized carbons (Fsp3) is 0.273. The average molecular weight is 521 g/mol. The number of fused-ring (bicyclic) bond motifs is 1. The summed E-state index contributed by atoms with van der Waals surface area (Å²) in [5.74, 6) is 0.476. The van der Waals surface area contributed by atoms with Crippen molar-refractivity contribution in [2.24, 2.45) is 0 Å². The zero-order chi connectivity index (χ0) is 22.1. The van der Waals surface area contributed by atoms with Gasteiger partial charge in [-0.15, -0.1) is 0 Å². The predicted molar refractivity (Wildman–Crippen MR) is 125 cm³/mol. The molecular weight excluding hydrogens is 502 g/mol. The third-order valence-electron chi connectivity index (χ3n) is 5.22. The molecule has 1 fully saturated rings. The highest BCUT2D eigenvalue weighted by Gasteiger charge is 2.38. The van der Waals surface area contributed by atoms with Gasteiger partial charge >= 0.3 is 0 Å². The minimum Gasteiger partial charge on any atom is -0.503 e. The lowest BCUT2D eigenvalue weighted by molar-refractivity contribution is -0.129. The van der Waals surface area contributed by atoms with Gasteiger partial charge in [-0.05, 0) is 58.7 Å². The molecule has 1 saturated heterocycles. The van der Waals surface area contributed by atoms with E-state index >= 15 is 0 Å². The number of carbonyl (C=O) groups excluding carboxylic acids is 1. The number of thioether (sulfide) groups is 1. The first-order valence-electron chi connectivity index (χ1n) is 9.66. The first-order chi connectivity index (χ1) is 14.9. The maximum atomic E-state index is 13.1. The van der Waals surface area contributed by atoms with E-state index in [1.807, 2.05) is 31.2 Å². The minimum absolute atomic E-state index is 0.00438. The lowest BCUT2D eigenvalue weighted by Gasteiger charge is -2.42. The number of nitrogens with zero attached hydrogens (tertiary/aromatic N) is 3. The van der Waals surface area contributed by atoms with E-state index in [4.69, 9.17) is 16.3 Å². The highest BCUT2D eigenvalue weighted by molar-refractivity contribution is 9.10. The maximum Gasteiger partial charge on any atom is 0.229 e. The van der Waals surface area contributed by atoms with Crippen LogP contribution in [0.25, 0.3) is 0 Å². The van der Waals surface area contributed by atoms with Crippen LogP contribution >= 0.6 is 39.3 Å². The van der Waals surface area contributed by atoms with Crippen LogP contribution in [0.5, 0.6) is 11.5 Å². The highest BCUT2D eigenvalue weighted by Crippen LogP contribution is 2.46. The second-order valence-electron chi connectivity index (χ2n) is 7.13. The third-order valence-corrected chi connectivity index (χ3v) is 7.21. The fourth-order valence-corrected chi connectivity index (χ4v) is 5.56. The van der Waals surface area contributed by atoms with E-state index in [9.17, 15) is 15.2 Å². The lowest BCUT2D eigenvalue weighted by atomic mass is 9.86. The van der Waals surface area contributed by atoms with Crippen LogP contribution in [0.2, 0.25) is 5.02 Å². The van der Waals surface area contributed by atoms with Crippen LogP contribution in [-0.4, -0.2) is 35.1 Å². The molecule has 160 valence electrons. The zero-order valence-electron chi connectivity index (χ0n) is 16.6. The summed E-state index contributed by atoms with van der Waals surface area (Å²) in [6, 6.07) is 13.3. The first kappa shape index (κ1) is 21.9. The van der Waals surface area contributed by atoms with Crippen molar-refractivity contribution in [3.05, 3.63) is 62.1 Å². The molecule has 1 atom stereocenters. The number of phenolic OH excluding ortho intramolecular Hbond substituents is 1. The fourth-order valence-electron chi connectivity index (χ4n) is 3.74. The number of halogens is 2. The number of anilines is 1. The zero-order valence-corrected chi connectivity index (χ0v) is 19.8. The predicted octanol–water partition coefficient (Wildman–Crippen LogP) is 5.43. The highest BCUT2D eigenvalue weighted by atomic mass is 79.9. The van der Waals surface area contributed by atoms with Gasteiger partial charge in [0.05, 0.1) is 40.3 Å². The molecular formula is C22H19BrClN3O3S. The van der Waals surface area contributed by atoms with E-state index in [1.165, 1.54) is 11.8 Å². The van der Waals surface area contributed by atoms with Crippen LogP contribution in [-0.2, 0) is 4.79 Å². The Hall–Kier alpha value is -2.34. The van der Waals surface area contributed by atoms with Gasteiger partial charge in [-0.3, -0.25) is 9.69 Å². The molecule has 1 unspecified atom stereocenters. The number of ether oxygens (including phenoxy) is 1. The van der Waals surface area contributed by atoms with Crippen molar-refractivity contribution in [1.29, 1.82) is 5.26 Å². The van der Waals surface area contributed by atoms with Crippen molar-refractivity contribution in [3.63, 3.8) is 0 Å². The van der Waals surface area contributed by atoms with Gasteiger partial charge in [0.15, 0.2) is 11.5 Å². The summed E-state index contributed by atoms with van der Waals surface area (Å²) in [7, 11) is 0. The smallest absolute Gasteiger partial charge is 0.229 e. The van der Waals surface area contributed by atoms with Gasteiger partial charge in [0.1, 0.15) is 0 Å². The van der Waals surface area contributed by atoms with Crippen molar-refractivity contribution in [3.8, 4) is 17.6 Å². The minimum atomic E-state index is -0.398. The number of phenols is 1. The largest absolute Gasteiger partial charge is 0.503 e. The van der Waals surface area contributed by atoms with Crippen LogP contribution in [0.1, 0.15) is 24.8 Å². The van der Waals surface area contributed by atoms with Crippen molar-refractivity contribution < 1.29 is 14.6 Å². The molecule has 9 heteroatoms. The molecule has 4 rings (SSSR count). The van der Waals surface area contributed by atoms with Gasteiger partial charge in [0.25, 0.3) is 0 Å². The summed E-state index contributed by atoms with van der Waals surface area (Å²) in [5.41, 5.74) is 2.23. The number of carbonyl (C=O) groups is 1. The summed E-state index contributed by atoms with van der Waals surface area (Å²) >= 11 is 10.9. The monoisotopic (exact) mass is 519 g/mol. The molecule has 2 heterocycles. The molecule has 31 heavy (non-hydrogen) atoms. The normalized spacial score (nSPS) is 18.6. The second kappa shape index (κ2) is 9.03. The number of rotatable bonds is 4. The summed E-state index contributed by atoms with van der Waals surface area (Å²) in [5, 5.41) is 21.5. The Morgan fingerprint density at radius 1 is 1.39 bits per heavy atom. The molecule has 2 aromatic carbocycles. The van der Waals surface area contributed by atoms with E-state index in [1.54, 1.807) is 17.0 Å². The number of allylic oxidation sites excluding steroid dienone is 1. The van der Waals surface area contributed by atoms with Gasteiger partial charge in [-0.2, -0.15) is 5.26 Å². The van der Waals surface area contributed by atoms with Crippen LogP contribution < -0.4 is 9.64 Å². The average Bonchev–Trinajstić information content (AvgIpc) is 2.76. The molecule has 0 aliphatic carbocycles. The van der Waals surface area contributed by atoms with E-state index in [-0.39, 0.29) is 18.1 Å². The lowest BCUT2D eigenvalue weighted by Crippen LogP contribution is -2.47. The van der Waals surface area contributed by atoms with Gasteiger partial charge in [0.2, 0.25) is 5.91 Å². The molecule has 2 aliphatic heterocycles. The Bertz CT molecular complexity index is 1120. The van der Waals surface area contributed by atoms with Crippen LogP contribution in [0, 0.1) is 11.3 Å². The molecule has 0 bridgehead atoms. The maximum absolute atomic E-state index is 13.1. The first-order valence-corrected chi connectivity index (χ1v) is 11.8. The molecule has 2 aromatic rings. The topological polar surface area (TPSA) is 76.8 Å². The van der Waals surface area contributed by atoms with E-state index in [2.05, 4.69) is 26.9 Å². The summed E-state index contributed by atoms with van der Waals surface area (Å²) in [4.78, 5) is 16.8. The van der Waals surface area contributed by atoms with Crippen LogP contribution in [0.3, 0.4) is 0 Å².